The Balaban J connectivity index is 1.38. The van der Waals surface area contributed by atoms with Crippen LogP contribution in [-0.4, -0.2) is 64.7 Å². The molecule has 5 aromatic rings. The fraction of sp³-hybridized carbons (Fsp3) is 0.341. The van der Waals surface area contributed by atoms with Gasteiger partial charge in [-0.2, -0.15) is 79.0 Å². The predicted octanol–water partition coefficient (Wildman–Crippen LogP) is 14.8. The topological polar surface area (TPSA) is 17.3 Å². The minimum atomic E-state index is -7.09. The summed E-state index contributed by atoms with van der Waals surface area (Å²) in [5.74, 6) is -39.6. The van der Waals surface area contributed by atoms with Crippen molar-refractivity contribution < 1.29 is 79.0 Å². The summed E-state index contributed by atoms with van der Waals surface area (Å²) in [6, 6.07) is 20.3. The molecule has 4 aromatic carbocycles. The Morgan fingerprint density at radius 1 is 0.585 bits per heavy atom. The van der Waals surface area contributed by atoms with E-state index in [1.54, 1.807) is 48.5 Å². The molecule has 0 amide bonds. The summed E-state index contributed by atoms with van der Waals surface area (Å²) in [5.41, 5.74) is 0.878. The number of aryl methyl sites for hydroxylation is 1. The zero-order valence-corrected chi connectivity index (χ0v) is 33.6. The number of hydrogen-bond acceptors (Lipinski definition) is 1. The molecule has 0 N–H and O–H groups in total. The van der Waals surface area contributed by atoms with Gasteiger partial charge in [-0.3, -0.25) is 4.99 Å². The minimum Gasteiger partial charge on any atom is -0.340 e. The minimum absolute atomic E-state index is 0.0545. The average molecular weight is 965 g/mol. The summed E-state index contributed by atoms with van der Waals surface area (Å²) in [6.45, 7) is -2.52. The van der Waals surface area contributed by atoms with E-state index in [-0.39, 0.29) is 40.0 Å². The molecular weight excluding hydrogens is 934 g/mol. The Bertz CT molecular complexity index is 2740. The van der Waals surface area contributed by atoms with Crippen molar-refractivity contribution in [2.75, 3.05) is 6.54 Å². The molecule has 1 aromatic heterocycles. The molecule has 21 heteroatoms. The third-order valence-electron chi connectivity index (χ3n) is 10.9. The number of aromatic nitrogens is 1. The maximum Gasteiger partial charge on any atom is 0.460 e. The largest absolute Gasteiger partial charge is 0.460 e. The molecule has 0 saturated carbocycles. The third kappa shape index (κ3) is 8.82. The lowest BCUT2D eigenvalue weighted by molar-refractivity contribution is -0.396. The molecule has 65 heavy (non-hydrogen) atoms. The van der Waals surface area contributed by atoms with Gasteiger partial charge >= 0.3 is 47.9 Å². The summed E-state index contributed by atoms with van der Waals surface area (Å²) < 4.78 is 248. The number of fused-ring (bicyclic) bond motifs is 1. The molecule has 0 fully saturated rings. The van der Waals surface area contributed by atoms with Crippen molar-refractivity contribution in [1.82, 2.24) is 4.57 Å². The van der Waals surface area contributed by atoms with Gasteiger partial charge < -0.3 is 4.57 Å². The van der Waals surface area contributed by atoms with Crippen molar-refractivity contribution >= 4 is 55.8 Å². The van der Waals surface area contributed by atoms with Crippen molar-refractivity contribution in [3.8, 4) is 0 Å². The van der Waals surface area contributed by atoms with Crippen LogP contribution in [0.2, 0.25) is 0 Å². The molecule has 0 saturated heterocycles. The molecule has 0 spiro atoms. The van der Waals surface area contributed by atoms with Crippen LogP contribution in [0.3, 0.4) is 0 Å². The Kier molecular flexibility index (Phi) is 13.1. The van der Waals surface area contributed by atoms with Gasteiger partial charge in [-0.1, -0.05) is 96.5 Å². The van der Waals surface area contributed by atoms with Gasteiger partial charge in [0.15, 0.2) is 0 Å². The summed E-state index contributed by atoms with van der Waals surface area (Å²) in [6.07, 6.45) is -12.2. The lowest BCUT2D eigenvalue weighted by Gasteiger charge is -2.33. The lowest BCUT2D eigenvalue weighted by Crippen LogP contribution is -2.61. The molecule has 6 rings (SSSR count). The van der Waals surface area contributed by atoms with Crippen LogP contribution in [0.4, 0.5) is 79.0 Å². The number of allylic oxidation sites excluding steroid dienone is 6. The molecule has 0 aliphatic heterocycles. The van der Waals surface area contributed by atoms with Gasteiger partial charge in [0, 0.05) is 58.2 Å². The van der Waals surface area contributed by atoms with Crippen LogP contribution in [0.15, 0.2) is 118 Å². The molecule has 350 valence electrons. The van der Waals surface area contributed by atoms with Crippen LogP contribution in [-0.2, 0) is 6.54 Å². The molecule has 0 unspecified atom stereocenters. The zero-order chi connectivity index (χ0) is 48.2. The number of aliphatic imine (C=N–C) groups is 1. The van der Waals surface area contributed by atoms with E-state index in [1.165, 1.54) is 54.6 Å². The average Bonchev–Trinajstić information content (AvgIpc) is 3.53. The molecule has 0 bridgehead atoms. The zero-order valence-electron chi connectivity index (χ0n) is 32.8. The third-order valence-corrected chi connectivity index (χ3v) is 11.4. The predicted molar refractivity (Wildman–Crippen MR) is 209 cm³/mol. The van der Waals surface area contributed by atoms with E-state index in [1.807, 2.05) is 0 Å². The number of benzene rings is 4. The first kappa shape index (κ1) is 49.3. The summed E-state index contributed by atoms with van der Waals surface area (Å²) in [7, 11) is 0. The maximum atomic E-state index is 14.8. The van der Waals surface area contributed by atoms with Crippen molar-refractivity contribution in [2.24, 2.45) is 4.99 Å². The highest BCUT2D eigenvalue weighted by Crippen LogP contribution is 2.55. The van der Waals surface area contributed by atoms with Crippen molar-refractivity contribution in [2.45, 2.75) is 86.5 Å². The maximum absolute atomic E-state index is 14.8. The van der Waals surface area contributed by atoms with Gasteiger partial charge in [0.2, 0.25) is 0 Å². The summed E-state index contributed by atoms with van der Waals surface area (Å²) in [5, 5.41) is 2.44. The normalized spacial score (nSPS) is 17.0. The van der Waals surface area contributed by atoms with Crippen LogP contribution in [0.5, 0.6) is 0 Å². The fourth-order valence-electron chi connectivity index (χ4n) is 7.40. The van der Waals surface area contributed by atoms with E-state index in [9.17, 15) is 79.0 Å². The number of nitrogens with zero attached hydrogens (tertiary/aromatic N) is 2. The van der Waals surface area contributed by atoms with E-state index < -0.39 is 73.8 Å². The second-order valence-corrected chi connectivity index (χ2v) is 15.5. The first-order valence-electron chi connectivity index (χ1n) is 19.2. The fourth-order valence-corrected chi connectivity index (χ4v) is 7.71. The molecular formula is C44H31ClF18N2. The van der Waals surface area contributed by atoms with Crippen molar-refractivity contribution in [3.05, 3.63) is 124 Å². The standard InChI is InChI=1S/C44H31ClF18N2/c45-36-27(17-19-32(30-14-4-8-25-7-1-2-13-29(25)30)64-23-21-37(46,47)39(50,51)41(54,55)43(58,59)60)11-3-12-28(36)18-20-33-31-15-5-9-26-10-6-16-34(35(26)31)65(33)24-22-38(48,49)40(52,53)42(56,57)44(61,62)63/h1-2,4-10,13-20H,3,11-12,21-24H2/b19-17+,28-18+,33-20+,64-32+. The Hall–Kier alpha value is -5.14. The van der Waals surface area contributed by atoms with Crippen LogP contribution in [0.1, 0.15) is 37.7 Å². The first-order valence-corrected chi connectivity index (χ1v) is 19.6. The molecule has 1 aliphatic rings. The quantitative estimate of drug-likeness (QED) is 0.0779. The SMILES string of the molecule is FC(F)(F)C(F)(F)C(F)(F)C(F)(F)CC/N=C(\C=C\C1=C(Cl)C(=C/C=c2\c3cccc4cccc(c43)n2CCC(F)(F)C(F)(F)C(F)(F)C(F)(F)F)/CCC1)c1cccc2ccccc12. The van der Waals surface area contributed by atoms with E-state index in [0.29, 0.717) is 44.5 Å². The van der Waals surface area contributed by atoms with Crippen LogP contribution >= 0.6 is 11.6 Å². The highest BCUT2D eigenvalue weighted by atomic mass is 35.5. The van der Waals surface area contributed by atoms with Crippen LogP contribution < -0.4 is 5.35 Å². The molecule has 1 aliphatic carbocycles. The van der Waals surface area contributed by atoms with Crippen molar-refractivity contribution in [3.63, 3.8) is 0 Å². The number of alkyl halides is 18. The van der Waals surface area contributed by atoms with Gasteiger partial charge in [0.25, 0.3) is 0 Å². The second kappa shape index (κ2) is 17.3. The Morgan fingerprint density at radius 3 is 1.75 bits per heavy atom. The van der Waals surface area contributed by atoms with Gasteiger partial charge in [-0.25, -0.2) is 0 Å². The van der Waals surface area contributed by atoms with Gasteiger partial charge in [-0.05, 0) is 64.8 Å². The second-order valence-electron chi connectivity index (χ2n) is 15.1. The lowest BCUT2D eigenvalue weighted by atomic mass is 9.93. The molecule has 0 atom stereocenters. The van der Waals surface area contributed by atoms with E-state index in [4.69, 9.17) is 11.6 Å². The van der Waals surface area contributed by atoms with E-state index in [0.717, 1.165) is 4.57 Å². The molecule has 1 heterocycles. The van der Waals surface area contributed by atoms with Crippen molar-refractivity contribution in [1.29, 1.82) is 0 Å². The smallest absolute Gasteiger partial charge is 0.340 e. The Labute approximate surface area is 361 Å². The Morgan fingerprint density at radius 2 is 1.12 bits per heavy atom. The van der Waals surface area contributed by atoms with Gasteiger partial charge in [0.1, 0.15) is 0 Å². The summed E-state index contributed by atoms with van der Waals surface area (Å²) >= 11 is 6.80. The number of rotatable bonds is 14. The molecule has 2 nitrogen and oxygen atoms in total. The molecule has 0 radical (unpaired) electrons. The van der Waals surface area contributed by atoms with E-state index >= 15 is 0 Å². The van der Waals surface area contributed by atoms with Crippen LogP contribution in [0.25, 0.3) is 38.5 Å². The first-order chi connectivity index (χ1) is 30.0. The van der Waals surface area contributed by atoms with Crippen LogP contribution in [0, 0.1) is 0 Å². The number of halogens is 19. The van der Waals surface area contributed by atoms with Gasteiger partial charge in [-0.15, -0.1) is 0 Å². The highest BCUT2D eigenvalue weighted by molar-refractivity contribution is 6.32. The monoisotopic (exact) mass is 964 g/mol. The highest BCUT2D eigenvalue weighted by Gasteiger charge is 2.82. The van der Waals surface area contributed by atoms with E-state index in [2.05, 4.69) is 4.99 Å². The number of hydrogen-bond donors (Lipinski definition) is 0. The summed E-state index contributed by atoms with van der Waals surface area (Å²) in [4.78, 5) is 3.92. The van der Waals surface area contributed by atoms with Gasteiger partial charge in [0.05, 0.1) is 5.71 Å².